The summed E-state index contributed by atoms with van der Waals surface area (Å²) in [5, 5.41) is -1.14. The normalized spacial score (nSPS) is 11.7. The van der Waals surface area contributed by atoms with Crippen LogP contribution in [-0.2, 0) is 33.5 Å². The number of hydrogen-bond donors (Lipinski definition) is 0. The zero-order chi connectivity index (χ0) is 30.3. The number of hydrogen-bond acceptors (Lipinski definition) is 9. The largest absolute Gasteiger partial charge is 0.465 e. The lowest BCUT2D eigenvalue weighted by molar-refractivity contribution is 0.0587. The van der Waals surface area contributed by atoms with Crippen molar-refractivity contribution in [3.05, 3.63) is 137 Å². The lowest BCUT2D eigenvalue weighted by Crippen LogP contribution is -2.25. The number of rotatable bonds is 10. The monoisotopic (exact) mass is 606 g/mol. The molecule has 0 N–H and O–H groups in total. The Morgan fingerprint density at radius 2 is 0.976 bits per heavy atom. The minimum Gasteiger partial charge on any atom is -0.465 e. The summed E-state index contributed by atoms with van der Waals surface area (Å²) < 4.78 is 47.5. The van der Waals surface area contributed by atoms with Crippen LogP contribution in [0.25, 0.3) is 0 Å². The Balaban J connectivity index is 1.88. The van der Waals surface area contributed by atoms with E-state index in [1.54, 1.807) is 24.3 Å². The summed E-state index contributed by atoms with van der Waals surface area (Å²) in [6, 6.07) is 28.4. The first-order chi connectivity index (χ1) is 20.2. The van der Waals surface area contributed by atoms with E-state index >= 15 is 0 Å². The highest BCUT2D eigenvalue weighted by Crippen LogP contribution is 2.54. The minimum absolute atomic E-state index is 0.165. The topological polar surface area (TPSA) is 122 Å². The molecule has 0 bridgehead atoms. The van der Waals surface area contributed by atoms with Crippen molar-refractivity contribution >= 4 is 36.8 Å². The van der Waals surface area contributed by atoms with Gasteiger partial charge in [0.05, 0.1) is 56.9 Å². The second-order valence-corrected chi connectivity index (χ2v) is 11.9. The molecule has 4 rings (SSSR count). The maximum absolute atomic E-state index is 13.7. The smallest absolute Gasteiger partial charge is 0.337 e. The van der Waals surface area contributed by atoms with Crippen LogP contribution >= 0.6 is 8.81 Å². The molecule has 0 fully saturated rings. The molecule has 0 spiro atoms. The molecule has 1 atom stereocenters. The quantitative estimate of drug-likeness (QED) is 0.102. The van der Waals surface area contributed by atoms with Gasteiger partial charge < -0.3 is 14.2 Å². The molecule has 11 heteroatoms. The summed E-state index contributed by atoms with van der Waals surface area (Å²) in [4.78, 5) is 36.3. The van der Waals surface area contributed by atoms with Crippen molar-refractivity contribution in [1.82, 2.24) is 0 Å². The second kappa shape index (κ2) is 13.1. The van der Waals surface area contributed by atoms with E-state index in [-0.39, 0.29) is 11.1 Å². The number of carbonyl (C=O) groups excluding carboxylic acids is 3. The fourth-order valence-corrected chi connectivity index (χ4v) is 7.13. The minimum atomic E-state index is -4.55. The summed E-state index contributed by atoms with van der Waals surface area (Å²) in [6.07, 6.45) is 0. The zero-order valence-corrected chi connectivity index (χ0v) is 24.7. The molecule has 0 aliphatic heterocycles. The predicted octanol–water partition coefficient (Wildman–Crippen LogP) is 5.34. The molecule has 0 aliphatic rings. The molecule has 0 saturated carbocycles. The van der Waals surface area contributed by atoms with Crippen molar-refractivity contribution in [3.63, 3.8) is 0 Å². The average Bonchev–Trinajstić information content (AvgIpc) is 3.04. The third-order valence-electron chi connectivity index (χ3n) is 6.49. The molecular formula is C31H27O9PS. The van der Waals surface area contributed by atoms with Crippen LogP contribution in [0.2, 0.25) is 0 Å². The average molecular weight is 607 g/mol. The van der Waals surface area contributed by atoms with Crippen molar-refractivity contribution in [2.75, 3.05) is 21.3 Å². The van der Waals surface area contributed by atoms with Gasteiger partial charge in [-0.2, -0.15) is 8.42 Å². The fraction of sp³-hybridized carbons (Fsp3) is 0.129. The van der Waals surface area contributed by atoms with Gasteiger partial charge in [0.1, 0.15) is 0 Å². The van der Waals surface area contributed by atoms with E-state index in [9.17, 15) is 22.8 Å². The fourth-order valence-electron chi connectivity index (χ4n) is 4.41. The number of methoxy groups -OCH3 is 3. The van der Waals surface area contributed by atoms with Crippen LogP contribution in [0.3, 0.4) is 0 Å². The highest BCUT2D eigenvalue weighted by Gasteiger charge is 2.39. The molecule has 216 valence electrons. The van der Waals surface area contributed by atoms with Gasteiger partial charge in [-0.1, -0.05) is 72.8 Å². The lowest BCUT2D eigenvalue weighted by Gasteiger charge is -2.35. The van der Waals surface area contributed by atoms with Crippen LogP contribution in [0.4, 0.5) is 0 Å². The standard InChI is InChI=1S/C31H27O9PS/c1-37-28(32)21-14-16-26(17-15-21)31(24-10-6-4-7-11-24,25-12-8-5-9-13-25)41-40-42(35,36)27-19-22(29(33)38-2)18-23(20-27)30(34)39-3/h4-20,41H,1-3H3. The SMILES string of the molecule is COC(=O)c1ccc(C(POS(=O)(=O)c2cc(C(=O)OC)cc(C(=O)OC)c2)(c2ccccc2)c2ccccc2)cc1. The van der Waals surface area contributed by atoms with E-state index in [4.69, 9.17) is 18.2 Å². The molecule has 0 saturated heterocycles. The first-order valence-electron chi connectivity index (χ1n) is 12.5. The van der Waals surface area contributed by atoms with Crippen molar-refractivity contribution in [2.45, 2.75) is 10.1 Å². The van der Waals surface area contributed by atoms with Gasteiger partial charge >= 0.3 is 17.9 Å². The Kier molecular flexibility index (Phi) is 9.52. The third kappa shape index (κ3) is 6.26. The summed E-state index contributed by atoms with van der Waals surface area (Å²) >= 11 is 0. The summed E-state index contributed by atoms with van der Waals surface area (Å²) in [5.74, 6) is -2.19. The van der Waals surface area contributed by atoms with Crippen LogP contribution in [0, 0.1) is 0 Å². The number of carbonyl (C=O) groups is 3. The number of ether oxygens (including phenoxy) is 3. The van der Waals surface area contributed by atoms with E-state index in [1.807, 2.05) is 60.7 Å². The maximum Gasteiger partial charge on any atom is 0.337 e. The van der Waals surface area contributed by atoms with Gasteiger partial charge in [-0.25, -0.2) is 18.4 Å². The molecule has 42 heavy (non-hydrogen) atoms. The highest BCUT2D eigenvalue weighted by molar-refractivity contribution is 7.89. The van der Waals surface area contributed by atoms with Gasteiger partial charge in [0.2, 0.25) is 0 Å². The molecule has 0 amide bonds. The van der Waals surface area contributed by atoms with Crippen molar-refractivity contribution in [2.24, 2.45) is 0 Å². The molecule has 0 heterocycles. The molecule has 9 nitrogen and oxygen atoms in total. The van der Waals surface area contributed by atoms with Gasteiger partial charge in [-0.3, -0.25) is 0 Å². The molecule has 0 aliphatic carbocycles. The first kappa shape index (κ1) is 30.6. The van der Waals surface area contributed by atoms with Gasteiger partial charge in [0, 0.05) is 0 Å². The first-order valence-corrected chi connectivity index (χ1v) is 14.8. The van der Waals surface area contributed by atoms with Crippen LogP contribution < -0.4 is 0 Å². The van der Waals surface area contributed by atoms with E-state index in [0.717, 1.165) is 37.5 Å². The summed E-state index contributed by atoms with van der Waals surface area (Å²) in [5.41, 5.74) is 2.11. The Morgan fingerprint density at radius 3 is 1.40 bits per heavy atom. The highest BCUT2D eigenvalue weighted by atomic mass is 32.2. The second-order valence-electron chi connectivity index (χ2n) is 8.92. The maximum atomic E-state index is 13.7. The molecule has 0 radical (unpaired) electrons. The Labute approximate surface area is 245 Å². The Hall–Kier alpha value is -4.37. The Bertz CT molecular complexity index is 1610. The van der Waals surface area contributed by atoms with Crippen molar-refractivity contribution in [1.29, 1.82) is 0 Å². The van der Waals surface area contributed by atoms with Gasteiger partial charge in [0.25, 0.3) is 10.1 Å². The molecular weight excluding hydrogens is 579 g/mol. The van der Waals surface area contributed by atoms with E-state index in [2.05, 4.69) is 0 Å². The van der Waals surface area contributed by atoms with Gasteiger partial charge in [-0.05, 0) is 47.0 Å². The summed E-state index contributed by atoms with van der Waals surface area (Å²) in [7, 11) is -1.75. The van der Waals surface area contributed by atoms with Gasteiger partial charge in [-0.15, -0.1) is 0 Å². The predicted molar refractivity (Wildman–Crippen MR) is 156 cm³/mol. The number of esters is 3. The molecule has 1 unspecified atom stereocenters. The van der Waals surface area contributed by atoms with E-state index < -0.39 is 46.9 Å². The lowest BCUT2D eigenvalue weighted by atomic mass is 9.83. The van der Waals surface area contributed by atoms with Crippen LogP contribution in [-0.4, -0.2) is 47.7 Å². The third-order valence-corrected chi connectivity index (χ3v) is 9.69. The summed E-state index contributed by atoms with van der Waals surface area (Å²) in [6.45, 7) is 0. The Morgan fingerprint density at radius 1 is 0.571 bits per heavy atom. The van der Waals surface area contributed by atoms with E-state index in [0.29, 0.717) is 11.1 Å². The van der Waals surface area contributed by atoms with E-state index in [1.165, 1.54) is 13.2 Å². The zero-order valence-electron chi connectivity index (χ0n) is 22.9. The number of benzene rings is 4. The molecule has 0 aromatic heterocycles. The van der Waals surface area contributed by atoms with Crippen molar-refractivity contribution in [3.8, 4) is 0 Å². The molecule has 4 aromatic carbocycles. The molecule has 4 aromatic rings. The van der Waals surface area contributed by atoms with Crippen molar-refractivity contribution < 1.29 is 41.0 Å². The van der Waals surface area contributed by atoms with Crippen LogP contribution in [0.5, 0.6) is 0 Å². The van der Waals surface area contributed by atoms with Crippen LogP contribution in [0.15, 0.2) is 108 Å². The van der Waals surface area contributed by atoms with Crippen LogP contribution in [0.1, 0.15) is 47.8 Å². The van der Waals surface area contributed by atoms with Gasteiger partial charge in [0.15, 0.2) is 0 Å².